The molecule has 6 rings (SSSR count). The number of hydrogen-bond donors (Lipinski definition) is 3. The summed E-state index contributed by atoms with van der Waals surface area (Å²) in [6, 6.07) is 12.9. The van der Waals surface area contributed by atoms with E-state index in [-0.39, 0.29) is 12.3 Å². The molecule has 0 spiro atoms. The molecule has 5 heterocycles. The van der Waals surface area contributed by atoms with Gasteiger partial charge in [0.1, 0.15) is 5.82 Å². The summed E-state index contributed by atoms with van der Waals surface area (Å²) in [5.41, 5.74) is 6.68. The molecule has 40 heavy (non-hydrogen) atoms. The van der Waals surface area contributed by atoms with Crippen LogP contribution in [0.1, 0.15) is 48.4 Å². The van der Waals surface area contributed by atoms with Gasteiger partial charge in [-0.25, -0.2) is 4.98 Å². The van der Waals surface area contributed by atoms with Gasteiger partial charge in [0.15, 0.2) is 0 Å². The summed E-state index contributed by atoms with van der Waals surface area (Å²) in [5.74, 6) is 0.832. The SMILES string of the molecule is O=C(O)C[C@H](CN1CC[C@@H](CCc2ccc3c(n2)NCCC3)C1)c1cc(-c2ccn[nH]2)cc(N2CCOCC2)c1. The molecule has 0 unspecified atom stereocenters. The minimum atomic E-state index is -0.757. The predicted molar refractivity (Wildman–Crippen MR) is 156 cm³/mol. The second kappa shape index (κ2) is 12.4. The number of nitrogens with zero attached hydrogens (tertiary/aromatic N) is 4. The average molecular weight is 545 g/mol. The van der Waals surface area contributed by atoms with Crippen molar-refractivity contribution in [1.29, 1.82) is 0 Å². The van der Waals surface area contributed by atoms with Crippen LogP contribution in [0.15, 0.2) is 42.6 Å². The number of carboxylic acid groups (broad SMARTS) is 1. The molecule has 3 aromatic rings. The van der Waals surface area contributed by atoms with E-state index in [9.17, 15) is 9.90 Å². The van der Waals surface area contributed by atoms with Crippen LogP contribution in [0.2, 0.25) is 0 Å². The van der Waals surface area contributed by atoms with Crippen molar-refractivity contribution in [3.8, 4) is 11.3 Å². The molecule has 9 nitrogen and oxygen atoms in total. The molecule has 0 bridgehead atoms. The van der Waals surface area contributed by atoms with Crippen molar-refractivity contribution in [3.05, 3.63) is 59.4 Å². The number of likely N-dealkylation sites (tertiary alicyclic amines) is 1. The first-order valence-electron chi connectivity index (χ1n) is 14.7. The van der Waals surface area contributed by atoms with Gasteiger partial charge in [0.25, 0.3) is 0 Å². The van der Waals surface area contributed by atoms with Crippen molar-refractivity contribution in [3.63, 3.8) is 0 Å². The van der Waals surface area contributed by atoms with Crippen LogP contribution in [-0.4, -0.2) is 83.6 Å². The van der Waals surface area contributed by atoms with Gasteiger partial charge in [0.2, 0.25) is 0 Å². The third-order valence-electron chi connectivity index (χ3n) is 8.63. The minimum absolute atomic E-state index is 0.0905. The second-order valence-electron chi connectivity index (χ2n) is 11.5. The molecule has 1 aromatic carbocycles. The smallest absolute Gasteiger partial charge is 0.304 e. The van der Waals surface area contributed by atoms with Crippen molar-refractivity contribution in [2.45, 2.75) is 44.4 Å². The van der Waals surface area contributed by atoms with Gasteiger partial charge >= 0.3 is 5.97 Å². The Balaban J connectivity index is 1.14. The number of aryl methyl sites for hydroxylation is 2. The molecule has 212 valence electrons. The first-order chi connectivity index (χ1) is 19.6. The number of morpholine rings is 1. The van der Waals surface area contributed by atoms with E-state index in [1.165, 1.54) is 17.7 Å². The summed E-state index contributed by atoms with van der Waals surface area (Å²) in [4.78, 5) is 21.7. The fraction of sp³-hybridized carbons (Fsp3) is 0.516. The van der Waals surface area contributed by atoms with Crippen molar-refractivity contribution in [2.75, 3.05) is 62.7 Å². The molecule has 0 aliphatic carbocycles. The zero-order valence-corrected chi connectivity index (χ0v) is 23.1. The number of benzene rings is 1. The van der Waals surface area contributed by atoms with E-state index in [1.54, 1.807) is 6.20 Å². The summed E-state index contributed by atoms with van der Waals surface area (Å²) in [6.45, 7) is 6.85. The van der Waals surface area contributed by atoms with E-state index in [2.05, 4.69) is 55.6 Å². The Bertz CT molecular complexity index is 1290. The van der Waals surface area contributed by atoms with Gasteiger partial charge in [0.05, 0.1) is 25.3 Å². The van der Waals surface area contributed by atoms with Crippen molar-refractivity contribution < 1.29 is 14.6 Å². The lowest BCUT2D eigenvalue weighted by molar-refractivity contribution is -0.137. The Hall–Kier alpha value is -3.43. The molecule has 2 saturated heterocycles. The normalized spacial score (nSPS) is 20.2. The molecule has 0 radical (unpaired) electrons. The van der Waals surface area contributed by atoms with Gasteiger partial charge in [-0.1, -0.05) is 6.07 Å². The number of ether oxygens (including phenoxy) is 1. The molecule has 3 aliphatic rings. The summed E-state index contributed by atoms with van der Waals surface area (Å²) >= 11 is 0. The lowest BCUT2D eigenvalue weighted by Crippen LogP contribution is -2.36. The Morgan fingerprint density at radius 1 is 1.15 bits per heavy atom. The van der Waals surface area contributed by atoms with E-state index >= 15 is 0 Å². The quantitative estimate of drug-likeness (QED) is 0.349. The van der Waals surface area contributed by atoms with E-state index in [0.29, 0.717) is 19.1 Å². The van der Waals surface area contributed by atoms with Gasteiger partial charge in [0, 0.05) is 61.8 Å². The molecule has 3 N–H and O–H groups in total. The standard InChI is InChI=1S/C31H40N6O3/c38-30(39)19-26(24-16-25(29-7-10-33-35-29)18-28(17-24)37-12-14-40-15-13-37)21-36-11-8-22(20-36)3-5-27-6-4-23-2-1-9-32-31(23)34-27/h4,6-7,10,16-18,22,26H,1-3,5,8-9,11-15,19-21H2,(H,32,34)(H,33,35)(H,38,39)/t22-,26-/m1/s1. The molecular formula is C31H40N6O3. The number of fused-ring (bicyclic) bond motifs is 1. The Morgan fingerprint density at radius 2 is 2.05 bits per heavy atom. The highest BCUT2D eigenvalue weighted by molar-refractivity contribution is 5.71. The topological polar surface area (TPSA) is 107 Å². The number of nitrogens with one attached hydrogen (secondary N) is 2. The fourth-order valence-electron chi connectivity index (χ4n) is 6.43. The number of aromatic amines is 1. The number of aliphatic carboxylic acids is 1. The Kier molecular flexibility index (Phi) is 8.29. The van der Waals surface area contributed by atoms with Crippen LogP contribution in [0.3, 0.4) is 0 Å². The number of hydrogen-bond acceptors (Lipinski definition) is 7. The zero-order chi connectivity index (χ0) is 27.3. The molecule has 2 atom stereocenters. The van der Waals surface area contributed by atoms with Gasteiger partial charge in [-0.05, 0) is 86.0 Å². The van der Waals surface area contributed by atoms with Crippen LogP contribution < -0.4 is 10.2 Å². The molecule has 2 aromatic heterocycles. The average Bonchev–Trinajstić information content (AvgIpc) is 3.69. The third kappa shape index (κ3) is 6.47. The highest BCUT2D eigenvalue weighted by Crippen LogP contribution is 2.33. The Morgan fingerprint density at radius 3 is 2.88 bits per heavy atom. The maximum atomic E-state index is 12.0. The Labute approximate surface area is 235 Å². The second-order valence-corrected chi connectivity index (χ2v) is 11.5. The lowest BCUT2D eigenvalue weighted by Gasteiger charge is -2.31. The van der Waals surface area contributed by atoms with Crippen LogP contribution in [0.25, 0.3) is 11.3 Å². The van der Waals surface area contributed by atoms with Crippen molar-refractivity contribution in [2.24, 2.45) is 5.92 Å². The largest absolute Gasteiger partial charge is 0.481 e. The van der Waals surface area contributed by atoms with Crippen molar-refractivity contribution >= 4 is 17.5 Å². The van der Waals surface area contributed by atoms with Crippen LogP contribution in [0.5, 0.6) is 0 Å². The first kappa shape index (κ1) is 26.8. The van der Waals surface area contributed by atoms with Gasteiger partial charge in [-0.2, -0.15) is 5.10 Å². The van der Waals surface area contributed by atoms with E-state index in [4.69, 9.17) is 9.72 Å². The van der Waals surface area contributed by atoms with Crippen molar-refractivity contribution in [1.82, 2.24) is 20.1 Å². The lowest BCUT2D eigenvalue weighted by atomic mass is 9.92. The zero-order valence-electron chi connectivity index (χ0n) is 23.1. The monoisotopic (exact) mass is 544 g/mol. The molecule has 9 heteroatoms. The van der Waals surface area contributed by atoms with Crippen LogP contribution >= 0.6 is 0 Å². The summed E-state index contributed by atoms with van der Waals surface area (Å²) in [7, 11) is 0. The number of H-pyrrole nitrogens is 1. The third-order valence-corrected chi connectivity index (χ3v) is 8.63. The van der Waals surface area contributed by atoms with Crippen LogP contribution in [0, 0.1) is 5.92 Å². The molecular weight excluding hydrogens is 504 g/mol. The maximum Gasteiger partial charge on any atom is 0.304 e. The van der Waals surface area contributed by atoms with Crippen LogP contribution in [-0.2, 0) is 22.4 Å². The van der Waals surface area contributed by atoms with E-state index in [0.717, 1.165) is 93.3 Å². The molecule has 0 amide bonds. The summed E-state index contributed by atoms with van der Waals surface area (Å²) < 4.78 is 5.58. The number of carboxylic acids is 1. The van der Waals surface area contributed by atoms with Gasteiger partial charge in [-0.15, -0.1) is 0 Å². The van der Waals surface area contributed by atoms with E-state index < -0.39 is 5.97 Å². The highest BCUT2D eigenvalue weighted by atomic mass is 16.5. The van der Waals surface area contributed by atoms with Crippen LogP contribution in [0.4, 0.5) is 11.5 Å². The predicted octanol–water partition coefficient (Wildman–Crippen LogP) is 4.18. The molecule has 3 aliphatic heterocycles. The maximum absolute atomic E-state index is 12.0. The van der Waals surface area contributed by atoms with Gasteiger partial charge < -0.3 is 25.0 Å². The summed E-state index contributed by atoms with van der Waals surface area (Å²) in [6.07, 6.45) is 7.41. The number of rotatable bonds is 10. The van der Waals surface area contributed by atoms with Gasteiger partial charge in [-0.3, -0.25) is 9.89 Å². The highest BCUT2D eigenvalue weighted by Gasteiger charge is 2.28. The number of anilines is 2. The summed E-state index contributed by atoms with van der Waals surface area (Å²) in [5, 5.41) is 20.5. The number of aromatic nitrogens is 3. The fourth-order valence-corrected chi connectivity index (χ4v) is 6.43. The number of carbonyl (C=O) groups is 1. The minimum Gasteiger partial charge on any atom is -0.481 e. The first-order valence-corrected chi connectivity index (χ1v) is 14.7. The number of pyridine rings is 1. The van der Waals surface area contributed by atoms with E-state index in [1.807, 2.05) is 6.07 Å². The molecule has 2 fully saturated rings. The molecule has 0 saturated carbocycles.